The Kier molecular flexibility index (Phi) is 10.1. The summed E-state index contributed by atoms with van der Waals surface area (Å²) in [5, 5.41) is 12.4. The summed E-state index contributed by atoms with van der Waals surface area (Å²) in [5.74, 6) is 1.61. The number of ether oxygens (including phenoxy) is 3. The topological polar surface area (TPSA) is 97.3 Å². The minimum atomic E-state index is -0.748. The highest BCUT2D eigenvalue weighted by Crippen LogP contribution is 2.45. The maximum Gasteiger partial charge on any atom is 0.303 e. The van der Waals surface area contributed by atoms with E-state index >= 15 is 0 Å². The van der Waals surface area contributed by atoms with Crippen LogP contribution in [0.4, 0.5) is 5.69 Å². The lowest BCUT2D eigenvalue weighted by Crippen LogP contribution is -2.40. The molecule has 2 unspecified atom stereocenters. The number of nitrogens with one attached hydrogen (secondary N) is 1. The molecule has 1 aliphatic carbocycles. The Morgan fingerprint density at radius 2 is 1.82 bits per heavy atom. The number of aliphatic carboxylic acids is 1. The van der Waals surface area contributed by atoms with Gasteiger partial charge < -0.3 is 29.5 Å². The molecule has 8 heteroatoms. The van der Waals surface area contributed by atoms with E-state index in [4.69, 9.17) is 14.2 Å². The van der Waals surface area contributed by atoms with Crippen molar-refractivity contribution in [3.63, 3.8) is 0 Å². The Hall–Kier alpha value is -3.26. The maximum atomic E-state index is 13.2. The molecule has 2 aliphatic rings. The second kappa shape index (κ2) is 13.7. The number of amides is 1. The molecule has 4 rings (SSSR count). The van der Waals surface area contributed by atoms with Crippen molar-refractivity contribution in [1.29, 1.82) is 0 Å². The fourth-order valence-electron chi connectivity index (χ4n) is 5.45. The van der Waals surface area contributed by atoms with E-state index < -0.39 is 5.97 Å². The third-order valence-corrected chi connectivity index (χ3v) is 7.96. The van der Waals surface area contributed by atoms with Crippen molar-refractivity contribution in [2.75, 3.05) is 45.4 Å². The zero-order valence-electron chi connectivity index (χ0n) is 23.4. The van der Waals surface area contributed by atoms with E-state index in [1.807, 2.05) is 49.4 Å². The fourth-order valence-corrected chi connectivity index (χ4v) is 5.45. The summed E-state index contributed by atoms with van der Waals surface area (Å²) < 4.78 is 16.9. The number of hydrogen-bond acceptors (Lipinski definition) is 6. The molecule has 1 saturated carbocycles. The van der Waals surface area contributed by atoms with Gasteiger partial charge in [0.2, 0.25) is 0 Å². The van der Waals surface area contributed by atoms with Crippen molar-refractivity contribution < 1.29 is 28.9 Å². The summed E-state index contributed by atoms with van der Waals surface area (Å²) in [6.45, 7) is 4.76. The molecule has 2 atom stereocenters. The van der Waals surface area contributed by atoms with Crippen LogP contribution in [0.25, 0.3) is 0 Å². The van der Waals surface area contributed by atoms with Gasteiger partial charge in [0.15, 0.2) is 0 Å². The van der Waals surface area contributed by atoms with Crippen LogP contribution >= 0.6 is 0 Å². The minimum absolute atomic E-state index is 0.0393. The number of carboxylic acids is 1. The highest BCUT2D eigenvalue weighted by atomic mass is 16.5. The average molecular weight is 539 g/mol. The molecule has 2 fully saturated rings. The number of benzene rings is 2. The molecule has 8 nitrogen and oxygen atoms in total. The number of carboxylic acid groups (broad SMARTS) is 1. The van der Waals surface area contributed by atoms with Crippen LogP contribution in [0.15, 0.2) is 42.5 Å². The number of anilines is 1. The Bertz CT molecular complexity index is 1110. The van der Waals surface area contributed by atoms with Crippen LogP contribution in [0.2, 0.25) is 0 Å². The summed E-state index contributed by atoms with van der Waals surface area (Å²) in [4.78, 5) is 26.8. The molecule has 0 bridgehead atoms. The number of methoxy groups -OCH3 is 2. The van der Waals surface area contributed by atoms with Crippen molar-refractivity contribution in [1.82, 2.24) is 5.32 Å². The second-order valence-corrected chi connectivity index (χ2v) is 10.8. The third-order valence-electron chi connectivity index (χ3n) is 7.96. The largest absolute Gasteiger partial charge is 0.497 e. The summed E-state index contributed by atoms with van der Waals surface area (Å²) in [6.07, 6.45) is 5.06. The molecule has 1 aliphatic heterocycles. The van der Waals surface area contributed by atoms with Crippen molar-refractivity contribution in [2.24, 2.45) is 11.8 Å². The minimum Gasteiger partial charge on any atom is -0.497 e. The zero-order valence-corrected chi connectivity index (χ0v) is 23.4. The van der Waals surface area contributed by atoms with Crippen molar-refractivity contribution in [2.45, 2.75) is 57.4 Å². The van der Waals surface area contributed by atoms with Crippen LogP contribution in [-0.4, -0.2) is 63.5 Å². The number of carbonyl (C=O) groups excluding carboxylic acids is 1. The molecule has 2 aromatic carbocycles. The van der Waals surface area contributed by atoms with Gasteiger partial charge in [-0.1, -0.05) is 19.1 Å². The average Bonchev–Trinajstić information content (AvgIpc) is 3.80. The molecular weight excluding hydrogens is 496 g/mol. The van der Waals surface area contributed by atoms with E-state index in [1.165, 1.54) is 0 Å². The summed E-state index contributed by atoms with van der Waals surface area (Å²) in [7, 11) is 3.28. The molecule has 212 valence electrons. The SMILES string of the molecule is CCC(COC)NC(=O)c1ccc(OC)cc1N1CCC(COc2cccc(C(CC(=O)O)C3CC3)c2)CC1. The summed E-state index contributed by atoms with van der Waals surface area (Å²) in [6, 6.07) is 13.5. The molecule has 2 aromatic rings. The normalized spacial score (nSPS) is 17.4. The lowest BCUT2D eigenvalue weighted by Gasteiger charge is -2.34. The molecule has 1 saturated heterocycles. The Morgan fingerprint density at radius 3 is 2.46 bits per heavy atom. The lowest BCUT2D eigenvalue weighted by molar-refractivity contribution is -0.137. The van der Waals surface area contributed by atoms with Crippen LogP contribution in [0.3, 0.4) is 0 Å². The first-order valence-electron chi connectivity index (χ1n) is 14.1. The van der Waals surface area contributed by atoms with Gasteiger partial charge in [-0.3, -0.25) is 9.59 Å². The highest BCUT2D eigenvalue weighted by molar-refractivity contribution is 6.00. The van der Waals surface area contributed by atoms with Crippen LogP contribution in [-0.2, 0) is 9.53 Å². The number of carbonyl (C=O) groups is 2. The van der Waals surface area contributed by atoms with Gasteiger partial charge in [0.1, 0.15) is 11.5 Å². The van der Waals surface area contributed by atoms with Crippen LogP contribution in [0.5, 0.6) is 11.5 Å². The van der Waals surface area contributed by atoms with E-state index in [1.54, 1.807) is 14.2 Å². The van der Waals surface area contributed by atoms with Gasteiger partial charge in [0.05, 0.1) is 44.0 Å². The van der Waals surface area contributed by atoms with Crippen molar-refractivity contribution >= 4 is 17.6 Å². The maximum absolute atomic E-state index is 13.2. The molecule has 0 aromatic heterocycles. The molecule has 39 heavy (non-hydrogen) atoms. The molecule has 1 heterocycles. The standard InChI is InChI=1S/C31H42N2O6/c1-4-24(20-37-2)32-31(36)27-11-10-25(38-3)17-29(27)33-14-12-21(13-15-33)19-39-26-7-5-6-23(16-26)28(18-30(34)35)22-8-9-22/h5-7,10-11,16-17,21-22,24,28H,4,8-9,12-15,18-20H2,1-3H3,(H,32,36)(H,34,35). The van der Waals surface area contributed by atoms with Gasteiger partial charge in [-0.05, 0) is 79.7 Å². The predicted octanol–water partition coefficient (Wildman–Crippen LogP) is 5.11. The second-order valence-electron chi connectivity index (χ2n) is 10.8. The molecule has 0 radical (unpaired) electrons. The third kappa shape index (κ3) is 7.88. The van der Waals surface area contributed by atoms with Crippen molar-refractivity contribution in [3.05, 3.63) is 53.6 Å². The summed E-state index contributed by atoms with van der Waals surface area (Å²) in [5.41, 5.74) is 2.59. The quantitative estimate of drug-likeness (QED) is 0.345. The Morgan fingerprint density at radius 1 is 1.05 bits per heavy atom. The first-order valence-corrected chi connectivity index (χ1v) is 14.1. The zero-order chi connectivity index (χ0) is 27.8. The first kappa shape index (κ1) is 28.7. The number of piperidine rings is 1. The number of hydrogen-bond donors (Lipinski definition) is 2. The monoisotopic (exact) mass is 538 g/mol. The van der Waals surface area contributed by atoms with Gasteiger partial charge >= 0.3 is 5.97 Å². The van der Waals surface area contributed by atoms with Gasteiger partial charge in [-0.25, -0.2) is 0 Å². The lowest BCUT2D eigenvalue weighted by atomic mass is 9.91. The van der Waals surface area contributed by atoms with Gasteiger partial charge in [0, 0.05) is 26.3 Å². The van der Waals surface area contributed by atoms with Gasteiger partial charge in [-0.2, -0.15) is 0 Å². The number of rotatable bonds is 14. The summed E-state index contributed by atoms with van der Waals surface area (Å²) >= 11 is 0. The fraction of sp³-hybridized carbons (Fsp3) is 0.548. The van der Waals surface area contributed by atoms with E-state index in [2.05, 4.69) is 10.2 Å². The van der Waals surface area contributed by atoms with E-state index in [-0.39, 0.29) is 24.3 Å². The first-order chi connectivity index (χ1) is 18.9. The molecule has 1 amide bonds. The molecule has 2 N–H and O–H groups in total. The van der Waals surface area contributed by atoms with E-state index in [9.17, 15) is 14.7 Å². The van der Waals surface area contributed by atoms with Crippen LogP contribution < -0.4 is 19.7 Å². The van der Waals surface area contributed by atoms with E-state index in [0.29, 0.717) is 30.6 Å². The highest BCUT2D eigenvalue weighted by Gasteiger charge is 2.34. The van der Waals surface area contributed by atoms with Crippen molar-refractivity contribution in [3.8, 4) is 11.5 Å². The van der Waals surface area contributed by atoms with Gasteiger partial charge in [-0.15, -0.1) is 0 Å². The number of nitrogens with zero attached hydrogens (tertiary/aromatic N) is 1. The molecular formula is C31H42N2O6. The van der Waals surface area contributed by atoms with Crippen LogP contribution in [0.1, 0.15) is 67.3 Å². The molecule has 0 spiro atoms. The predicted molar refractivity (Wildman–Crippen MR) is 151 cm³/mol. The smallest absolute Gasteiger partial charge is 0.303 e. The Balaban J connectivity index is 1.36. The Labute approximate surface area is 231 Å². The van der Waals surface area contributed by atoms with Crippen LogP contribution in [0, 0.1) is 11.8 Å². The van der Waals surface area contributed by atoms with Gasteiger partial charge in [0.25, 0.3) is 5.91 Å². The van der Waals surface area contributed by atoms with E-state index in [0.717, 1.165) is 67.9 Å².